The van der Waals surface area contributed by atoms with E-state index in [0.717, 1.165) is 45.4 Å². The zero-order chi connectivity index (χ0) is 14.1. The van der Waals surface area contributed by atoms with Gasteiger partial charge in [0.2, 0.25) is 5.91 Å². The molecule has 4 heteroatoms. The molecule has 2 rings (SSSR count). The lowest BCUT2D eigenvalue weighted by Crippen LogP contribution is -2.68. The van der Waals surface area contributed by atoms with E-state index in [1.54, 1.807) is 0 Å². The lowest BCUT2D eigenvalue weighted by molar-refractivity contribution is -0.143. The number of primary amides is 1. The molecule has 0 aromatic heterocycles. The van der Waals surface area contributed by atoms with Crippen molar-refractivity contribution in [2.75, 3.05) is 26.2 Å². The molecule has 4 nitrogen and oxygen atoms in total. The number of hydrogen-bond donors (Lipinski definition) is 2. The van der Waals surface area contributed by atoms with Gasteiger partial charge in [0, 0.05) is 26.2 Å². The summed E-state index contributed by atoms with van der Waals surface area (Å²) in [5.41, 5.74) is 5.63. The van der Waals surface area contributed by atoms with E-state index in [1.165, 1.54) is 6.42 Å². The fourth-order valence-electron chi connectivity index (χ4n) is 4.20. The maximum atomic E-state index is 12.4. The molecule has 2 fully saturated rings. The second-order valence-corrected chi connectivity index (χ2v) is 7.19. The number of hydrogen-bond acceptors (Lipinski definition) is 3. The summed E-state index contributed by atoms with van der Waals surface area (Å²) in [5, 5.41) is 3.37. The van der Waals surface area contributed by atoms with Crippen molar-refractivity contribution in [3.8, 4) is 0 Å². The van der Waals surface area contributed by atoms with Crippen LogP contribution in [0.15, 0.2) is 0 Å². The largest absolute Gasteiger partial charge is 0.368 e. The lowest BCUT2D eigenvalue weighted by Gasteiger charge is -2.54. The predicted octanol–water partition coefficient (Wildman–Crippen LogP) is 1.35. The first-order valence-electron chi connectivity index (χ1n) is 7.65. The number of rotatable bonds is 2. The zero-order valence-electron chi connectivity index (χ0n) is 12.7. The minimum atomic E-state index is -0.418. The summed E-state index contributed by atoms with van der Waals surface area (Å²) in [7, 11) is 0. The normalized spacial score (nSPS) is 34.2. The molecule has 110 valence electrons. The van der Waals surface area contributed by atoms with Crippen molar-refractivity contribution in [1.29, 1.82) is 0 Å². The minimum Gasteiger partial charge on any atom is -0.368 e. The van der Waals surface area contributed by atoms with Crippen LogP contribution in [-0.4, -0.2) is 42.5 Å². The van der Waals surface area contributed by atoms with Gasteiger partial charge in [-0.2, -0.15) is 0 Å². The molecule has 2 unspecified atom stereocenters. The number of nitrogens with two attached hydrogens (primary N) is 1. The molecular weight excluding hydrogens is 238 g/mol. The lowest BCUT2D eigenvalue weighted by atomic mass is 9.60. The number of nitrogens with one attached hydrogen (secondary N) is 1. The minimum absolute atomic E-state index is 0.103. The third kappa shape index (κ3) is 2.65. The van der Waals surface area contributed by atoms with E-state index < -0.39 is 5.54 Å². The molecule has 1 heterocycles. The Bertz CT molecular complexity index is 331. The maximum absolute atomic E-state index is 12.4. The SMILES string of the molecule is CC(C)(C)C1CCCCC1(C(N)=O)N1CCNCC1. The number of carbonyl (C=O) groups is 1. The molecular formula is C15H29N3O. The first-order valence-corrected chi connectivity index (χ1v) is 7.65. The van der Waals surface area contributed by atoms with Gasteiger partial charge in [-0.15, -0.1) is 0 Å². The topological polar surface area (TPSA) is 58.4 Å². The fourth-order valence-corrected chi connectivity index (χ4v) is 4.20. The van der Waals surface area contributed by atoms with Gasteiger partial charge in [0.25, 0.3) is 0 Å². The van der Waals surface area contributed by atoms with Gasteiger partial charge in [-0.05, 0) is 24.2 Å². The van der Waals surface area contributed by atoms with Crippen molar-refractivity contribution in [2.45, 2.75) is 52.0 Å². The van der Waals surface area contributed by atoms with Gasteiger partial charge in [-0.1, -0.05) is 33.6 Å². The summed E-state index contributed by atoms with van der Waals surface area (Å²) >= 11 is 0. The third-order valence-corrected chi connectivity index (χ3v) is 5.03. The van der Waals surface area contributed by atoms with Crippen LogP contribution in [0.3, 0.4) is 0 Å². The van der Waals surface area contributed by atoms with Crippen molar-refractivity contribution >= 4 is 5.91 Å². The van der Waals surface area contributed by atoms with E-state index in [9.17, 15) is 4.79 Å². The van der Waals surface area contributed by atoms with Crippen molar-refractivity contribution < 1.29 is 4.79 Å². The van der Waals surface area contributed by atoms with Gasteiger partial charge in [0.15, 0.2) is 0 Å². The van der Waals surface area contributed by atoms with Gasteiger partial charge < -0.3 is 11.1 Å². The Kier molecular flexibility index (Phi) is 4.21. The van der Waals surface area contributed by atoms with Gasteiger partial charge in [0.05, 0.1) is 0 Å². The van der Waals surface area contributed by atoms with Crippen LogP contribution in [0.1, 0.15) is 46.5 Å². The first kappa shape index (κ1) is 14.8. The zero-order valence-corrected chi connectivity index (χ0v) is 12.7. The Morgan fingerprint density at radius 1 is 1.26 bits per heavy atom. The van der Waals surface area contributed by atoms with Crippen LogP contribution in [0.2, 0.25) is 0 Å². The Morgan fingerprint density at radius 3 is 2.42 bits per heavy atom. The highest BCUT2D eigenvalue weighted by molar-refractivity contribution is 5.85. The summed E-state index contributed by atoms with van der Waals surface area (Å²) in [4.78, 5) is 14.8. The second kappa shape index (κ2) is 5.41. The van der Waals surface area contributed by atoms with Crippen LogP contribution >= 0.6 is 0 Å². The highest BCUT2D eigenvalue weighted by Crippen LogP contribution is 2.47. The van der Waals surface area contributed by atoms with Crippen LogP contribution in [0, 0.1) is 11.3 Å². The molecule has 3 N–H and O–H groups in total. The molecule has 0 aromatic rings. The average molecular weight is 267 g/mol. The maximum Gasteiger partial charge on any atom is 0.238 e. The quantitative estimate of drug-likeness (QED) is 0.794. The van der Waals surface area contributed by atoms with Gasteiger partial charge in [0.1, 0.15) is 5.54 Å². The van der Waals surface area contributed by atoms with Crippen LogP contribution in [0.4, 0.5) is 0 Å². The summed E-state index contributed by atoms with van der Waals surface area (Å²) in [6.45, 7) is 10.6. The Morgan fingerprint density at radius 2 is 1.89 bits per heavy atom. The highest BCUT2D eigenvalue weighted by Gasteiger charge is 2.53. The molecule has 1 saturated carbocycles. The average Bonchev–Trinajstić information content (AvgIpc) is 2.38. The summed E-state index contributed by atoms with van der Waals surface area (Å²) in [6, 6.07) is 0. The standard InChI is InChI=1S/C15H29N3O/c1-14(2,3)12-6-4-5-7-15(12,13(16)19)18-10-8-17-9-11-18/h12,17H,4-11H2,1-3H3,(H2,16,19). The number of amides is 1. The van der Waals surface area contributed by atoms with Gasteiger partial charge >= 0.3 is 0 Å². The van der Waals surface area contributed by atoms with Crippen molar-refractivity contribution in [3.05, 3.63) is 0 Å². The monoisotopic (exact) mass is 267 g/mol. The molecule has 2 atom stereocenters. The smallest absolute Gasteiger partial charge is 0.238 e. The Hall–Kier alpha value is -0.610. The molecule has 1 aliphatic carbocycles. The van der Waals surface area contributed by atoms with E-state index in [4.69, 9.17) is 5.73 Å². The second-order valence-electron chi connectivity index (χ2n) is 7.19. The molecule has 19 heavy (non-hydrogen) atoms. The molecule has 0 radical (unpaired) electrons. The molecule has 0 bridgehead atoms. The third-order valence-electron chi connectivity index (χ3n) is 5.03. The Balaban J connectivity index is 2.36. The van der Waals surface area contributed by atoms with E-state index in [2.05, 4.69) is 31.0 Å². The summed E-state index contributed by atoms with van der Waals surface area (Å²) in [5.74, 6) is 0.262. The molecule has 0 aromatic carbocycles. The van der Waals surface area contributed by atoms with Crippen LogP contribution < -0.4 is 11.1 Å². The van der Waals surface area contributed by atoms with Crippen LogP contribution in [0.5, 0.6) is 0 Å². The van der Waals surface area contributed by atoms with E-state index >= 15 is 0 Å². The van der Waals surface area contributed by atoms with Crippen LogP contribution in [0.25, 0.3) is 0 Å². The van der Waals surface area contributed by atoms with Crippen molar-refractivity contribution in [2.24, 2.45) is 17.1 Å². The summed E-state index contributed by atoms with van der Waals surface area (Å²) in [6.07, 6.45) is 4.41. The number of carbonyl (C=O) groups excluding carboxylic acids is 1. The van der Waals surface area contributed by atoms with E-state index in [-0.39, 0.29) is 11.3 Å². The number of piperazine rings is 1. The number of nitrogens with zero attached hydrogens (tertiary/aromatic N) is 1. The molecule has 1 aliphatic heterocycles. The van der Waals surface area contributed by atoms with E-state index in [0.29, 0.717) is 5.92 Å². The van der Waals surface area contributed by atoms with Gasteiger partial charge in [-0.3, -0.25) is 9.69 Å². The molecule has 1 saturated heterocycles. The summed E-state index contributed by atoms with van der Waals surface area (Å²) < 4.78 is 0. The predicted molar refractivity (Wildman–Crippen MR) is 77.8 cm³/mol. The molecule has 2 aliphatic rings. The van der Waals surface area contributed by atoms with Crippen molar-refractivity contribution in [3.63, 3.8) is 0 Å². The highest BCUT2D eigenvalue weighted by atomic mass is 16.1. The fraction of sp³-hybridized carbons (Fsp3) is 0.933. The molecule has 1 amide bonds. The Labute approximate surface area is 117 Å². The van der Waals surface area contributed by atoms with Gasteiger partial charge in [-0.25, -0.2) is 0 Å². The van der Waals surface area contributed by atoms with Crippen LogP contribution in [-0.2, 0) is 4.79 Å². The van der Waals surface area contributed by atoms with E-state index in [1.807, 2.05) is 0 Å². The first-order chi connectivity index (χ1) is 8.89. The molecule has 0 spiro atoms. The van der Waals surface area contributed by atoms with Crippen molar-refractivity contribution in [1.82, 2.24) is 10.2 Å².